The minimum atomic E-state index is -1.10. The highest BCUT2D eigenvalue weighted by molar-refractivity contribution is 5.81. The van der Waals surface area contributed by atoms with Crippen LogP contribution in [0, 0.1) is 6.92 Å². The number of para-hydroxylation sites is 1. The summed E-state index contributed by atoms with van der Waals surface area (Å²) in [6.45, 7) is 5.27. The predicted octanol–water partition coefficient (Wildman–Crippen LogP) is 1.55. The number of aryl methyl sites for hydroxylation is 2. The average molecular weight is 248 g/mol. The number of rotatable bonds is 3. The van der Waals surface area contributed by atoms with E-state index in [4.69, 9.17) is 5.73 Å². The molecule has 3 N–H and O–H groups in total. The second-order valence-corrected chi connectivity index (χ2v) is 5.07. The van der Waals surface area contributed by atoms with Crippen LogP contribution in [-0.4, -0.2) is 29.7 Å². The first-order valence-electron chi connectivity index (χ1n) is 6.33. The van der Waals surface area contributed by atoms with Crippen molar-refractivity contribution in [1.82, 2.24) is 0 Å². The van der Waals surface area contributed by atoms with E-state index in [0.29, 0.717) is 19.5 Å². The van der Waals surface area contributed by atoms with E-state index in [1.807, 2.05) is 6.07 Å². The smallest absolute Gasteiger partial charge is 0.325 e. The summed E-state index contributed by atoms with van der Waals surface area (Å²) in [4.78, 5) is 13.3. The topological polar surface area (TPSA) is 66.6 Å². The van der Waals surface area contributed by atoms with Gasteiger partial charge in [0.15, 0.2) is 0 Å². The van der Waals surface area contributed by atoms with Crippen LogP contribution in [0.5, 0.6) is 0 Å². The summed E-state index contributed by atoms with van der Waals surface area (Å²) in [7, 11) is 0. The van der Waals surface area contributed by atoms with Crippen LogP contribution in [0.4, 0.5) is 5.69 Å². The molecular formula is C14H20N2O2. The van der Waals surface area contributed by atoms with Crippen LogP contribution in [0.3, 0.4) is 0 Å². The maximum absolute atomic E-state index is 11.2. The molecule has 18 heavy (non-hydrogen) atoms. The first kappa shape index (κ1) is 12.9. The summed E-state index contributed by atoms with van der Waals surface area (Å²) in [5.41, 5.74) is 8.43. The van der Waals surface area contributed by atoms with E-state index in [2.05, 4.69) is 30.9 Å². The zero-order valence-corrected chi connectivity index (χ0v) is 10.9. The molecule has 4 heteroatoms. The number of hydrogen-bond acceptors (Lipinski definition) is 3. The van der Waals surface area contributed by atoms with Crippen molar-refractivity contribution in [3.8, 4) is 0 Å². The molecule has 0 aromatic heterocycles. The van der Waals surface area contributed by atoms with Crippen LogP contribution >= 0.6 is 0 Å². The number of carbonyl (C=O) groups is 1. The van der Waals surface area contributed by atoms with Crippen molar-refractivity contribution in [3.05, 3.63) is 29.3 Å². The summed E-state index contributed by atoms with van der Waals surface area (Å²) in [6, 6.07) is 6.20. The molecule has 0 radical (unpaired) electrons. The Labute approximate surface area is 107 Å². The third kappa shape index (κ3) is 2.08. The molecule has 0 bridgehead atoms. The molecule has 0 spiro atoms. The summed E-state index contributed by atoms with van der Waals surface area (Å²) in [5.74, 6) is -0.906. The molecule has 1 unspecified atom stereocenters. The van der Waals surface area contributed by atoms with Crippen molar-refractivity contribution < 1.29 is 9.90 Å². The third-order valence-corrected chi connectivity index (χ3v) is 3.75. The van der Waals surface area contributed by atoms with Gasteiger partial charge < -0.3 is 15.7 Å². The van der Waals surface area contributed by atoms with E-state index in [9.17, 15) is 9.90 Å². The fraction of sp³-hybridized carbons (Fsp3) is 0.500. The molecule has 1 aliphatic rings. The van der Waals surface area contributed by atoms with Crippen LogP contribution in [0.15, 0.2) is 18.2 Å². The molecule has 98 valence electrons. The maximum atomic E-state index is 11.2. The van der Waals surface area contributed by atoms with Gasteiger partial charge in [0, 0.05) is 18.8 Å². The first-order valence-corrected chi connectivity index (χ1v) is 6.33. The van der Waals surface area contributed by atoms with Crippen LogP contribution in [-0.2, 0) is 11.2 Å². The van der Waals surface area contributed by atoms with E-state index in [1.165, 1.54) is 11.1 Å². The lowest BCUT2D eigenvalue weighted by atomic mass is 10.0. The van der Waals surface area contributed by atoms with Gasteiger partial charge in [-0.1, -0.05) is 25.1 Å². The van der Waals surface area contributed by atoms with Gasteiger partial charge >= 0.3 is 5.97 Å². The van der Waals surface area contributed by atoms with Gasteiger partial charge in [0.1, 0.15) is 5.54 Å². The summed E-state index contributed by atoms with van der Waals surface area (Å²) in [6.07, 6.45) is 1.44. The van der Waals surface area contributed by atoms with Crippen molar-refractivity contribution in [2.24, 2.45) is 5.73 Å². The Bertz CT molecular complexity index is 473. The minimum absolute atomic E-state index is 0.389. The van der Waals surface area contributed by atoms with Crippen LogP contribution in [0.25, 0.3) is 0 Å². The summed E-state index contributed by atoms with van der Waals surface area (Å²) in [5, 5.41) is 9.18. The van der Waals surface area contributed by atoms with Crippen LogP contribution in [0.1, 0.15) is 24.5 Å². The molecule has 1 fully saturated rings. The van der Waals surface area contributed by atoms with Gasteiger partial charge in [0.05, 0.1) is 0 Å². The van der Waals surface area contributed by atoms with Crippen LogP contribution < -0.4 is 10.6 Å². The SMILES string of the molecule is CCc1cccc(C)c1N1CCC(N)(C(=O)O)C1. The number of nitrogens with zero attached hydrogens (tertiary/aromatic N) is 1. The quantitative estimate of drug-likeness (QED) is 0.851. The molecule has 0 saturated carbocycles. The second-order valence-electron chi connectivity index (χ2n) is 5.07. The fourth-order valence-electron chi connectivity index (χ4n) is 2.66. The van der Waals surface area contributed by atoms with E-state index < -0.39 is 11.5 Å². The van der Waals surface area contributed by atoms with Gasteiger partial charge in [-0.05, 0) is 30.9 Å². The molecule has 1 atom stereocenters. The molecule has 0 amide bonds. The number of carboxylic acid groups (broad SMARTS) is 1. The van der Waals surface area contributed by atoms with Gasteiger partial charge in [-0.15, -0.1) is 0 Å². The van der Waals surface area contributed by atoms with E-state index in [-0.39, 0.29) is 0 Å². The van der Waals surface area contributed by atoms with Crippen molar-refractivity contribution in [2.75, 3.05) is 18.0 Å². The van der Waals surface area contributed by atoms with Gasteiger partial charge in [0.25, 0.3) is 0 Å². The molecule has 1 aromatic rings. The van der Waals surface area contributed by atoms with Gasteiger partial charge in [0.2, 0.25) is 0 Å². The van der Waals surface area contributed by atoms with Gasteiger partial charge in [-0.2, -0.15) is 0 Å². The molecule has 0 aliphatic carbocycles. The molecular weight excluding hydrogens is 228 g/mol. The number of benzene rings is 1. The number of aliphatic carboxylic acids is 1. The molecule has 1 saturated heterocycles. The fourth-order valence-corrected chi connectivity index (χ4v) is 2.66. The Balaban J connectivity index is 2.32. The normalized spacial score (nSPS) is 23.4. The average Bonchev–Trinajstić information content (AvgIpc) is 2.72. The minimum Gasteiger partial charge on any atom is -0.480 e. The highest BCUT2D eigenvalue weighted by Gasteiger charge is 2.41. The largest absolute Gasteiger partial charge is 0.480 e. The predicted molar refractivity (Wildman–Crippen MR) is 71.9 cm³/mol. The Morgan fingerprint density at radius 3 is 2.83 bits per heavy atom. The van der Waals surface area contributed by atoms with E-state index in [0.717, 1.165) is 12.1 Å². The lowest BCUT2D eigenvalue weighted by Gasteiger charge is -2.25. The van der Waals surface area contributed by atoms with Gasteiger partial charge in [-0.25, -0.2) is 0 Å². The number of anilines is 1. The molecule has 1 aromatic carbocycles. The van der Waals surface area contributed by atoms with Crippen molar-refractivity contribution >= 4 is 11.7 Å². The molecule has 1 aliphatic heterocycles. The number of hydrogen-bond donors (Lipinski definition) is 2. The Morgan fingerprint density at radius 2 is 2.28 bits per heavy atom. The first-order chi connectivity index (χ1) is 8.48. The molecule has 2 rings (SSSR count). The van der Waals surface area contributed by atoms with Crippen molar-refractivity contribution in [3.63, 3.8) is 0 Å². The van der Waals surface area contributed by atoms with Gasteiger partial charge in [-0.3, -0.25) is 4.79 Å². The number of carboxylic acids is 1. The van der Waals surface area contributed by atoms with E-state index >= 15 is 0 Å². The van der Waals surface area contributed by atoms with E-state index in [1.54, 1.807) is 0 Å². The lowest BCUT2D eigenvalue weighted by molar-refractivity contribution is -0.142. The molecule has 1 heterocycles. The second kappa shape index (κ2) is 4.61. The Kier molecular flexibility index (Phi) is 3.30. The Morgan fingerprint density at radius 1 is 1.56 bits per heavy atom. The highest BCUT2D eigenvalue weighted by atomic mass is 16.4. The van der Waals surface area contributed by atoms with Crippen LogP contribution in [0.2, 0.25) is 0 Å². The summed E-state index contributed by atoms with van der Waals surface area (Å²) < 4.78 is 0. The Hall–Kier alpha value is -1.55. The maximum Gasteiger partial charge on any atom is 0.325 e. The van der Waals surface area contributed by atoms with Crippen molar-refractivity contribution in [2.45, 2.75) is 32.2 Å². The molecule has 4 nitrogen and oxygen atoms in total. The standard InChI is InChI=1S/C14H20N2O2/c1-3-11-6-4-5-10(2)12(11)16-8-7-14(15,9-16)13(17)18/h4-6H,3,7-9,15H2,1-2H3,(H,17,18). The van der Waals surface area contributed by atoms with Crippen molar-refractivity contribution in [1.29, 1.82) is 0 Å². The highest BCUT2D eigenvalue weighted by Crippen LogP contribution is 2.31. The monoisotopic (exact) mass is 248 g/mol. The zero-order chi connectivity index (χ0) is 13.3. The third-order valence-electron chi connectivity index (χ3n) is 3.75. The lowest BCUT2D eigenvalue weighted by Crippen LogP contribution is -2.50. The summed E-state index contributed by atoms with van der Waals surface area (Å²) >= 11 is 0. The zero-order valence-electron chi connectivity index (χ0n) is 10.9. The number of nitrogens with two attached hydrogens (primary N) is 1.